The highest BCUT2D eigenvalue weighted by molar-refractivity contribution is 6.30. The van der Waals surface area contributed by atoms with E-state index in [0.29, 0.717) is 42.4 Å². The molecule has 150 valence electrons. The summed E-state index contributed by atoms with van der Waals surface area (Å²) in [5, 5.41) is 6.20. The third-order valence-electron chi connectivity index (χ3n) is 4.08. The van der Waals surface area contributed by atoms with Gasteiger partial charge in [0.2, 0.25) is 0 Å². The van der Waals surface area contributed by atoms with Crippen molar-refractivity contribution >= 4 is 23.4 Å². The van der Waals surface area contributed by atoms with Crippen LogP contribution in [0.25, 0.3) is 0 Å². The summed E-state index contributed by atoms with van der Waals surface area (Å²) in [5.41, 5.74) is 6.03. The van der Waals surface area contributed by atoms with Crippen LogP contribution in [0.5, 0.6) is 5.75 Å². The Labute approximate surface area is 170 Å². The number of halogens is 1. The third-order valence-corrected chi connectivity index (χ3v) is 4.33. The molecule has 0 fully saturated rings. The number of carbonyl (C=O) groups is 2. The Kier molecular flexibility index (Phi) is 7.84. The molecule has 2 rings (SSSR count). The van der Waals surface area contributed by atoms with Crippen molar-refractivity contribution in [2.24, 2.45) is 5.73 Å². The van der Waals surface area contributed by atoms with E-state index in [4.69, 9.17) is 22.1 Å². The predicted octanol–water partition coefficient (Wildman–Crippen LogP) is 2.54. The molecule has 0 radical (unpaired) electrons. The van der Waals surface area contributed by atoms with Crippen molar-refractivity contribution in [2.75, 3.05) is 19.6 Å². The molecule has 0 saturated carbocycles. The molecule has 0 aromatic heterocycles. The van der Waals surface area contributed by atoms with Gasteiger partial charge in [-0.05, 0) is 62.2 Å². The van der Waals surface area contributed by atoms with Gasteiger partial charge < -0.3 is 21.1 Å². The molecule has 7 heteroatoms. The monoisotopic (exact) mass is 403 g/mol. The summed E-state index contributed by atoms with van der Waals surface area (Å²) in [7, 11) is 0. The SMILES string of the molecule is CC(C)(Oc1ccc(CCNC(=O)c2ccc(Cl)cc2)cc1)C(=O)NCCN. The van der Waals surface area contributed by atoms with Crippen LogP contribution >= 0.6 is 11.6 Å². The van der Waals surface area contributed by atoms with E-state index in [-0.39, 0.29) is 11.8 Å². The molecule has 0 bridgehead atoms. The molecule has 0 atom stereocenters. The predicted molar refractivity (Wildman–Crippen MR) is 111 cm³/mol. The number of ether oxygens (including phenoxy) is 1. The fourth-order valence-corrected chi connectivity index (χ4v) is 2.61. The molecule has 2 aromatic carbocycles. The second-order valence-corrected chi connectivity index (χ2v) is 7.25. The summed E-state index contributed by atoms with van der Waals surface area (Å²) < 4.78 is 5.79. The van der Waals surface area contributed by atoms with E-state index in [2.05, 4.69) is 10.6 Å². The first-order valence-electron chi connectivity index (χ1n) is 9.12. The molecule has 0 saturated heterocycles. The van der Waals surface area contributed by atoms with Crippen LogP contribution in [0.2, 0.25) is 5.02 Å². The van der Waals surface area contributed by atoms with E-state index >= 15 is 0 Å². The Morgan fingerprint density at radius 2 is 1.64 bits per heavy atom. The molecule has 0 unspecified atom stereocenters. The van der Waals surface area contributed by atoms with Crippen molar-refractivity contribution in [1.29, 1.82) is 0 Å². The molecule has 6 nitrogen and oxygen atoms in total. The topological polar surface area (TPSA) is 93.4 Å². The summed E-state index contributed by atoms with van der Waals surface area (Å²) in [6.45, 7) is 4.71. The molecule has 0 aliphatic carbocycles. The Morgan fingerprint density at radius 1 is 1.00 bits per heavy atom. The van der Waals surface area contributed by atoms with E-state index in [1.54, 1.807) is 38.1 Å². The van der Waals surface area contributed by atoms with Crippen LogP contribution < -0.4 is 21.1 Å². The molecule has 0 aliphatic rings. The Hall–Kier alpha value is -2.57. The van der Waals surface area contributed by atoms with Crippen LogP contribution in [0.3, 0.4) is 0 Å². The van der Waals surface area contributed by atoms with Crippen LogP contribution in [0, 0.1) is 0 Å². The van der Waals surface area contributed by atoms with Gasteiger partial charge in [0.15, 0.2) is 5.60 Å². The van der Waals surface area contributed by atoms with E-state index in [9.17, 15) is 9.59 Å². The van der Waals surface area contributed by atoms with Gasteiger partial charge in [-0.25, -0.2) is 0 Å². The van der Waals surface area contributed by atoms with Gasteiger partial charge in [0.25, 0.3) is 11.8 Å². The van der Waals surface area contributed by atoms with Gasteiger partial charge >= 0.3 is 0 Å². The molecular weight excluding hydrogens is 378 g/mol. The standard InChI is InChI=1S/C21H26ClN3O3/c1-21(2,20(27)25-14-12-23)28-18-9-3-15(4-10-18)11-13-24-19(26)16-5-7-17(22)8-6-16/h3-10H,11-14,23H2,1-2H3,(H,24,26)(H,25,27). The molecule has 4 N–H and O–H groups in total. The van der Waals surface area contributed by atoms with Crippen LogP contribution in [0.4, 0.5) is 0 Å². The first-order valence-corrected chi connectivity index (χ1v) is 9.50. The summed E-state index contributed by atoms with van der Waals surface area (Å²) >= 11 is 5.82. The maximum atomic E-state index is 12.1. The van der Waals surface area contributed by atoms with Crippen molar-refractivity contribution in [3.63, 3.8) is 0 Å². The quantitative estimate of drug-likeness (QED) is 0.599. The van der Waals surface area contributed by atoms with Gasteiger partial charge in [-0.2, -0.15) is 0 Å². The van der Waals surface area contributed by atoms with E-state index in [1.807, 2.05) is 24.3 Å². The Balaban J connectivity index is 1.83. The first-order chi connectivity index (χ1) is 13.3. The number of amides is 2. The number of benzene rings is 2. The number of nitrogens with two attached hydrogens (primary N) is 1. The second kappa shape index (κ2) is 10.1. The van der Waals surface area contributed by atoms with Gasteiger partial charge in [-0.15, -0.1) is 0 Å². The summed E-state index contributed by atoms with van der Waals surface area (Å²) in [4.78, 5) is 24.2. The molecule has 0 aliphatic heterocycles. The fraction of sp³-hybridized carbons (Fsp3) is 0.333. The lowest BCUT2D eigenvalue weighted by Gasteiger charge is -2.25. The van der Waals surface area contributed by atoms with Gasteiger partial charge in [-0.1, -0.05) is 23.7 Å². The van der Waals surface area contributed by atoms with E-state index in [1.165, 1.54) is 0 Å². The van der Waals surface area contributed by atoms with E-state index in [0.717, 1.165) is 5.56 Å². The highest BCUT2D eigenvalue weighted by Gasteiger charge is 2.29. The van der Waals surface area contributed by atoms with Crippen LogP contribution in [-0.4, -0.2) is 37.0 Å². The van der Waals surface area contributed by atoms with E-state index < -0.39 is 5.60 Å². The van der Waals surface area contributed by atoms with Crippen LogP contribution in [0.1, 0.15) is 29.8 Å². The minimum absolute atomic E-state index is 0.137. The smallest absolute Gasteiger partial charge is 0.263 e. The molecular formula is C21H26ClN3O3. The van der Waals surface area contributed by atoms with Gasteiger partial charge in [-0.3, -0.25) is 9.59 Å². The molecule has 2 amide bonds. The van der Waals surface area contributed by atoms with Crippen LogP contribution in [-0.2, 0) is 11.2 Å². The number of hydrogen-bond donors (Lipinski definition) is 3. The number of rotatable bonds is 9. The molecule has 28 heavy (non-hydrogen) atoms. The van der Waals surface area contributed by atoms with Crippen molar-refractivity contribution in [2.45, 2.75) is 25.9 Å². The Morgan fingerprint density at radius 3 is 2.25 bits per heavy atom. The molecule has 2 aromatic rings. The average molecular weight is 404 g/mol. The van der Waals surface area contributed by atoms with Gasteiger partial charge in [0.05, 0.1) is 0 Å². The summed E-state index contributed by atoms with van der Waals surface area (Å²) in [5.74, 6) is 0.246. The maximum absolute atomic E-state index is 12.1. The van der Waals surface area contributed by atoms with Crippen molar-refractivity contribution in [3.05, 3.63) is 64.7 Å². The number of nitrogens with one attached hydrogen (secondary N) is 2. The summed E-state index contributed by atoms with van der Waals surface area (Å²) in [6, 6.07) is 14.2. The van der Waals surface area contributed by atoms with Crippen molar-refractivity contribution in [1.82, 2.24) is 10.6 Å². The van der Waals surface area contributed by atoms with Gasteiger partial charge in [0, 0.05) is 30.2 Å². The summed E-state index contributed by atoms with van der Waals surface area (Å²) in [6.07, 6.45) is 0.681. The minimum Gasteiger partial charge on any atom is -0.478 e. The molecule has 0 heterocycles. The third kappa shape index (κ3) is 6.55. The fourth-order valence-electron chi connectivity index (χ4n) is 2.49. The Bertz CT molecular complexity index is 790. The lowest BCUT2D eigenvalue weighted by molar-refractivity contribution is -0.134. The zero-order chi connectivity index (χ0) is 20.6. The highest BCUT2D eigenvalue weighted by atomic mass is 35.5. The van der Waals surface area contributed by atoms with Crippen molar-refractivity contribution in [3.8, 4) is 5.75 Å². The zero-order valence-electron chi connectivity index (χ0n) is 16.1. The van der Waals surface area contributed by atoms with Gasteiger partial charge in [0.1, 0.15) is 5.75 Å². The first kappa shape index (κ1) is 21.7. The molecule has 0 spiro atoms. The lowest BCUT2D eigenvalue weighted by atomic mass is 10.1. The highest BCUT2D eigenvalue weighted by Crippen LogP contribution is 2.19. The normalized spacial score (nSPS) is 11.0. The second-order valence-electron chi connectivity index (χ2n) is 6.81. The van der Waals surface area contributed by atoms with Crippen LogP contribution in [0.15, 0.2) is 48.5 Å². The largest absolute Gasteiger partial charge is 0.478 e. The lowest BCUT2D eigenvalue weighted by Crippen LogP contribution is -2.47. The number of carbonyl (C=O) groups excluding carboxylic acids is 2. The maximum Gasteiger partial charge on any atom is 0.263 e. The zero-order valence-corrected chi connectivity index (χ0v) is 16.9. The average Bonchev–Trinajstić information content (AvgIpc) is 2.67. The number of hydrogen-bond acceptors (Lipinski definition) is 4. The minimum atomic E-state index is -0.997. The van der Waals surface area contributed by atoms with Crippen molar-refractivity contribution < 1.29 is 14.3 Å².